The molecule has 1 saturated heterocycles. The molecule has 0 amide bonds. The number of pyridine rings is 1. The Labute approximate surface area is 110 Å². The van der Waals surface area contributed by atoms with E-state index in [1.54, 1.807) is 10.6 Å². The first-order chi connectivity index (χ1) is 8.53. The van der Waals surface area contributed by atoms with Crippen LogP contribution in [0.1, 0.15) is 12.2 Å². The molecule has 0 spiro atoms. The van der Waals surface area contributed by atoms with Gasteiger partial charge in [0.05, 0.1) is 11.5 Å². The van der Waals surface area contributed by atoms with Crippen LogP contribution in [0, 0.1) is 5.92 Å². The molecule has 0 aliphatic carbocycles. The van der Waals surface area contributed by atoms with E-state index in [2.05, 4.69) is 10.1 Å². The second-order valence-corrected chi connectivity index (χ2v) is 7.24. The fourth-order valence-corrected chi connectivity index (χ4v) is 4.35. The third-order valence-corrected chi connectivity index (χ3v) is 5.28. The molecule has 18 heavy (non-hydrogen) atoms. The molecule has 0 saturated carbocycles. The average molecular weight is 286 g/mol. The Balaban J connectivity index is 1.86. The van der Waals surface area contributed by atoms with Gasteiger partial charge < -0.3 is 0 Å². The van der Waals surface area contributed by atoms with Crippen molar-refractivity contribution in [3.63, 3.8) is 0 Å². The maximum atomic E-state index is 11.4. The molecule has 0 N–H and O–H groups in total. The zero-order valence-corrected chi connectivity index (χ0v) is 11.2. The van der Waals surface area contributed by atoms with E-state index in [0.29, 0.717) is 29.5 Å². The van der Waals surface area contributed by atoms with Gasteiger partial charge in [-0.1, -0.05) is 17.7 Å². The molecule has 96 valence electrons. The summed E-state index contributed by atoms with van der Waals surface area (Å²) < 4.78 is 24.4. The zero-order valence-electron chi connectivity index (χ0n) is 9.58. The Kier molecular flexibility index (Phi) is 2.79. The molecule has 0 aromatic carbocycles. The van der Waals surface area contributed by atoms with E-state index in [1.807, 2.05) is 12.1 Å². The molecule has 2 aromatic heterocycles. The Bertz CT molecular complexity index is 695. The van der Waals surface area contributed by atoms with Crippen molar-refractivity contribution in [1.82, 2.24) is 14.6 Å². The van der Waals surface area contributed by atoms with Crippen LogP contribution in [0.25, 0.3) is 5.65 Å². The van der Waals surface area contributed by atoms with E-state index in [-0.39, 0.29) is 17.4 Å². The van der Waals surface area contributed by atoms with E-state index >= 15 is 0 Å². The van der Waals surface area contributed by atoms with Crippen LogP contribution in [0.4, 0.5) is 0 Å². The normalized spacial score (nSPS) is 22.6. The van der Waals surface area contributed by atoms with E-state index in [4.69, 9.17) is 11.6 Å². The van der Waals surface area contributed by atoms with Crippen molar-refractivity contribution >= 4 is 27.1 Å². The van der Waals surface area contributed by atoms with E-state index in [1.165, 1.54) is 0 Å². The lowest BCUT2D eigenvalue weighted by Crippen LogP contribution is -2.08. The minimum absolute atomic E-state index is 0.131. The van der Waals surface area contributed by atoms with Crippen LogP contribution in [0.15, 0.2) is 18.2 Å². The summed E-state index contributed by atoms with van der Waals surface area (Å²) in [5.41, 5.74) is 0.693. The molecule has 3 heterocycles. The number of nitrogens with zero attached hydrogens (tertiary/aromatic N) is 3. The molecule has 1 aliphatic rings. The minimum Gasteiger partial charge on any atom is -0.229 e. The van der Waals surface area contributed by atoms with Gasteiger partial charge in [-0.15, -0.1) is 5.10 Å². The zero-order chi connectivity index (χ0) is 12.8. The molecule has 1 fully saturated rings. The Morgan fingerprint density at radius 2 is 2.28 bits per heavy atom. The van der Waals surface area contributed by atoms with Crippen LogP contribution in [-0.4, -0.2) is 34.5 Å². The predicted molar refractivity (Wildman–Crippen MR) is 68.5 cm³/mol. The molecule has 0 radical (unpaired) electrons. The van der Waals surface area contributed by atoms with Crippen molar-refractivity contribution in [3.8, 4) is 0 Å². The smallest absolute Gasteiger partial charge is 0.157 e. The standard InChI is InChI=1S/C11H12ClN3O2S/c12-9-2-1-3-11-13-10(14-15(9)11)6-8-4-5-18(16,17)7-8/h1-3,8H,4-7H2. The lowest BCUT2D eigenvalue weighted by molar-refractivity contribution is 0.569. The average Bonchev–Trinajstić information content (AvgIpc) is 2.83. The lowest BCUT2D eigenvalue weighted by Gasteiger charge is -2.02. The van der Waals surface area contributed by atoms with Crippen molar-refractivity contribution in [2.45, 2.75) is 12.8 Å². The second-order valence-electron chi connectivity index (χ2n) is 4.62. The summed E-state index contributed by atoms with van der Waals surface area (Å²) in [5.74, 6) is 1.32. The summed E-state index contributed by atoms with van der Waals surface area (Å²) in [6.07, 6.45) is 1.29. The van der Waals surface area contributed by atoms with Crippen LogP contribution < -0.4 is 0 Å². The number of halogens is 1. The molecule has 7 heteroatoms. The van der Waals surface area contributed by atoms with Crippen LogP contribution in [0.5, 0.6) is 0 Å². The number of sulfone groups is 1. The predicted octanol–water partition coefficient (Wildman–Crippen LogP) is 1.36. The summed E-state index contributed by atoms with van der Waals surface area (Å²) in [7, 11) is -2.84. The molecule has 1 unspecified atom stereocenters. The molecule has 3 rings (SSSR count). The molecular weight excluding hydrogens is 274 g/mol. The summed E-state index contributed by atoms with van der Waals surface area (Å²) in [4.78, 5) is 4.36. The number of fused-ring (bicyclic) bond motifs is 1. The third kappa shape index (κ3) is 2.22. The summed E-state index contributed by atoms with van der Waals surface area (Å²) in [6.45, 7) is 0. The second kappa shape index (κ2) is 4.20. The quantitative estimate of drug-likeness (QED) is 0.782. The van der Waals surface area contributed by atoms with E-state index in [9.17, 15) is 8.42 Å². The molecule has 1 atom stereocenters. The highest BCUT2D eigenvalue weighted by Gasteiger charge is 2.28. The fourth-order valence-electron chi connectivity index (χ4n) is 2.30. The summed E-state index contributed by atoms with van der Waals surface area (Å²) in [5, 5.41) is 4.81. The molecule has 5 nitrogen and oxygen atoms in total. The topological polar surface area (TPSA) is 64.3 Å². The maximum absolute atomic E-state index is 11.4. The van der Waals surface area contributed by atoms with Gasteiger partial charge in [0.1, 0.15) is 5.15 Å². The Morgan fingerprint density at radius 1 is 1.44 bits per heavy atom. The van der Waals surface area contributed by atoms with E-state index < -0.39 is 9.84 Å². The minimum atomic E-state index is -2.84. The third-order valence-electron chi connectivity index (χ3n) is 3.16. The van der Waals surface area contributed by atoms with Crippen molar-refractivity contribution in [2.24, 2.45) is 5.92 Å². The van der Waals surface area contributed by atoms with Gasteiger partial charge in [-0.25, -0.2) is 17.9 Å². The van der Waals surface area contributed by atoms with E-state index in [0.717, 1.165) is 0 Å². The fraction of sp³-hybridized carbons (Fsp3) is 0.455. The van der Waals surface area contributed by atoms with Gasteiger partial charge in [0.2, 0.25) is 0 Å². The number of rotatable bonds is 2. The van der Waals surface area contributed by atoms with Crippen LogP contribution in [0.3, 0.4) is 0 Å². The summed E-state index contributed by atoms with van der Waals surface area (Å²) >= 11 is 6.00. The van der Waals surface area contributed by atoms with Crippen LogP contribution in [0.2, 0.25) is 5.15 Å². The highest BCUT2D eigenvalue weighted by atomic mass is 35.5. The van der Waals surface area contributed by atoms with Gasteiger partial charge >= 0.3 is 0 Å². The van der Waals surface area contributed by atoms with Crippen molar-refractivity contribution in [1.29, 1.82) is 0 Å². The largest absolute Gasteiger partial charge is 0.229 e. The highest BCUT2D eigenvalue weighted by molar-refractivity contribution is 7.91. The van der Waals surface area contributed by atoms with Gasteiger partial charge in [-0.05, 0) is 24.5 Å². The van der Waals surface area contributed by atoms with Crippen molar-refractivity contribution in [3.05, 3.63) is 29.2 Å². The van der Waals surface area contributed by atoms with Gasteiger partial charge in [0.25, 0.3) is 0 Å². The number of hydrogen-bond donors (Lipinski definition) is 0. The Morgan fingerprint density at radius 3 is 2.94 bits per heavy atom. The lowest BCUT2D eigenvalue weighted by atomic mass is 10.1. The van der Waals surface area contributed by atoms with Crippen molar-refractivity contribution in [2.75, 3.05) is 11.5 Å². The van der Waals surface area contributed by atoms with Gasteiger partial charge in [-0.2, -0.15) is 0 Å². The monoisotopic (exact) mass is 285 g/mol. The number of aromatic nitrogens is 3. The molecule has 2 aromatic rings. The van der Waals surface area contributed by atoms with Gasteiger partial charge in [0.15, 0.2) is 21.3 Å². The molecular formula is C11H12ClN3O2S. The van der Waals surface area contributed by atoms with Gasteiger partial charge in [-0.3, -0.25) is 0 Å². The van der Waals surface area contributed by atoms with Crippen LogP contribution in [-0.2, 0) is 16.3 Å². The van der Waals surface area contributed by atoms with Crippen LogP contribution >= 0.6 is 11.6 Å². The van der Waals surface area contributed by atoms with Gasteiger partial charge in [0, 0.05) is 6.42 Å². The molecule has 1 aliphatic heterocycles. The van der Waals surface area contributed by atoms with Crippen molar-refractivity contribution < 1.29 is 8.42 Å². The first-order valence-electron chi connectivity index (χ1n) is 5.74. The highest BCUT2D eigenvalue weighted by Crippen LogP contribution is 2.22. The first kappa shape index (κ1) is 11.9. The SMILES string of the molecule is O=S1(=O)CCC(Cc2nc3cccc(Cl)n3n2)C1. The number of hydrogen-bond acceptors (Lipinski definition) is 4. The Hall–Kier alpha value is -1.14. The summed E-state index contributed by atoms with van der Waals surface area (Å²) in [6, 6.07) is 5.39. The maximum Gasteiger partial charge on any atom is 0.157 e. The first-order valence-corrected chi connectivity index (χ1v) is 7.94. The molecule has 0 bridgehead atoms.